The molecule has 0 N–H and O–H groups in total. The summed E-state index contributed by atoms with van der Waals surface area (Å²) in [6.45, 7) is 0. The van der Waals surface area contributed by atoms with Gasteiger partial charge in [-0.05, 0) is 6.07 Å². The molecule has 23 heavy (non-hydrogen) atoms. The first kappa shape index (κ1) is 15.3. The van der Waals surface area contributed by atoms with Gasteiger partial charge in [-0.15, -0.1) is 10.5 Å². The van der Waals surface area contributed by atoms with Crippen molar-refractivity contribution in [2.24, 2.45) is 5.10 Å². The van der Waals surface area contributed by atoms with E-state index in [9.17, 15) is 26.3 Å². The van der Waals surface area contributed by atoms with Gasteiger partial charge in [0.2, 0.25) is 0 Å². The molecule has 2 heterocycles. The number of rotatable bonds is 1. The summed E-state index contributed by atoms with van der Waals surface area (Å²) in [6.07, 6.45) is -9.17. The molecule has 0 amide bonds. The van der Waals surface area contributed by atoms with E-state index in [1.54, 1.807) is 18.2 Å². The lowest BCUT2D eigenvalue weighted by molar-refractivity contribution is -0.114. The summed E-state index contributed by atoms with van der Waals surface area (Å²) in [6, 6.07) is 7.38. The van der Waals surface area contributed by atoms with Crippen LogP contribution < -0.4 is 5.43 Å². The molecule has 3 nitrogen and oxygen atoms in total. The lowest BCUT2D eigenvalue weighted by Crippen LogP contribution is -2.26. The Morgan fingerprint density at radius 1 is 0.826 bits per heavy atom. The standard InChI is InChI=1S/C14H6F6N3/c15-13(16,17)9-11(22-23-12(9)14(18,19)20)8-5-1-3-7-4-2-6-21-10(7)8/h1-6H. The number of benzene rings is 1. The van der Waals surface area contributed by atoms with Crippen molar-refractivity contribution in [3.05, 3.63) is 53.4 Å². The molecule has 0 fully saturated rings. The number of halogens is 6. The second-order valence-electron chi connectivity index (χ2n) is 4.65. The zero-order chi connectivity index (χ0) is 16.8. The van der Waals surface area contributed by atoms with Crippen molar-refractivity contribution in [1.82, 2.24) is 10.4 Å². The predicted octanol–water partition coefficient (Wildman–Crippen LogP) is 3.94. The fourth-order valence-corrected chi connectivity index (χ4v) is 2.26. The minimum Gasteiger partial charge on any atom is -0.256 e. The van der Waals surface area contributed by atoms with Gasteiger partial charge in [0.05, 0.1) is 5.52 Å². The van der Waals surface area contributed by atoms with Gasteiger partial charge in [0.25, 0.3) is 0 Å². The van der Waals surface area contributed by atoms with Crippen LogP contribution >= 0.6 is 0 Å². The number of para-hydroxylation sites is 1. The number of hydrogen-bond donors (Lipinski definition) is 0. The lowest BCUT2D eigenvalue weighted by Gasteiger charge is -2.14. The Balaban J connectivity index is 2.25. The monoisotopic (exact) mass is 330 g/mol. The number of allylic oxidation sites excluding steroid dienone is 2. The molecule has 119 valence electrons. The molecule has 1 aromatic carbocycles. The van der Waals surface area contributed by atoms with Crippen LogP contribution in [-0.2, 0) is 0 Å². The average molecular weight is 330 g/mol. The number of alkyl halides is 6. The number of fused-ring (bicyclic) bond motifs is 1. The summed E-state index contributed by atoms with van der Waals surface area (Å²) < 4.78 is 77.9. The second-order valence-corrected chi connectivity index (χ2v) is 4.65. The third kappa shape index (κ3) is 2.62. The van der Waals surface area contributed by atoms with E-state index in [4.69, 9.17) is 0 Å². The van der Waals surface area contributed by atoms with Gasteiger partial charge < -0.3 is 0 Å². The topological polar surface area (TPSA) is 39.4 Å². The molecule has 0 spiro atoms. The van der Waals surface area contributed by atoms with Crippen molar-refractivity contribution in [2.75, 3.05) is 0 Å². The largest absolute Gasteiger partial charge is 0.435 e. The first-order chi connectivity index (χ1) is 10.7. The van der Waals surface area contributed by atoms with E-state index in [1.165, 1.54) is 18.3 Å². The Morgan fingerprint density at radius 2 is 1.52 bits per heavy atom. The molecule has 0 bridgehead atoms. The third-order valence-electron chi connectivity index (χ3n) is 3.16. The Bertz CT molecular complexity index is 827. The molecule has 1 aromatic heterocycles. The van der Waals surface area contributed by atoms with Crippen molar-refractivity contribution >= 4 is 16.6 Å². The first-order valence-electron chi connectivity index (χ1n) is 6.21. The zero-order valence-electron chi connectivity index (χ0n) is 11.1. The van der Waals surface area contributed by atoms with Gasteiger partial charge in [-0.25, -0.2) is 0 Å². The van der Waals surface area contributed by atoms with E-state index >= 15 is 0 Å². The smallest absolute Gasteiger partial charge is 0.256 e. The molecular formula is C14H6F6N3. The van der Waals surface area contributed by atoms with Gasteiger partial charge in [-0.2, -0.15) is 26.3 Å². The van der Waals surface area contributed by atoms with Crippen LogP contribution in [0.4, 0.5) is 26.3 Å². The summed E-state index contributed by atoms with van der Waals surface area (Å²) in [5.41, 5.74) is -2.15. The van der Waals surface area contributed by atoms with Crippen LogP contribution in [-0.4, -0.2) is 23.0 Å². The van der Waals surface area contributed by atoms with Gasteiger partial charge in [-0.1, -0.05) is 24.3 Å². The van der Waals surface area contributed by atoms with Gasteiger partial charge in [0.1, 0.15) is 11.3 Å². The van der Waals surface area contributed by atoms with Crippen LogP contribution in [0.3, 0.4) is 0 Å². The molecule has 0 aliphatic carbocycles. The Hall–Kier alpha value is -2.58. The summed E-state index contributed by atoms with van der Waals surface area (Å²) >= 11 is 0. The van der Waals surface area contributed by atoms with Gasteiger partial charge in [0.15, 0.2) is 5.70 Å². The van der Waals surface area contributed by atoms with Crippen molar-refractivity contribution in [1.29, 1.82) is 0 Å². The van der Waals surface area contributed by atoms with Crippen LogP contribution in [0.15, 0.2) is 52.9 Å². The molecule has 9 heteroatoms. The molecule has 0 atom stereocenters. The van der Waals surface area contributed by atoms with Crippen LogP contribution in [0.2, 0.25) is 0 Å². The number of hydrogen-bond acceptors (Lipinski definition) is 2. The first-order valence-corrected chi connectivity index (χ1v) is 6.21. The molecule has 0 unspecified atom stereocenters. The third-order valence-corrected chi connectivity index (χ3v) is 3.16. The maximum absolute atomic E-state index is 13.2. The lowest BCUT2D eigenvalue weighted by atomic mass is 9.98. The van der Waals surface area contributed by atoms with Crippen molar-refractivity contribution < 1.29 is 26.3 Å². The maximum Gasteiger partial charge on any atom is 0.435 e. The Kier molecular flexibility index (Phi) is 3.31. The molecule has 2 aromatic rings. The molecule has 0 saturated heterocycles. The second kappa shape index (κ2) is 4.97. The maximum atomic E-state index is 13.2. The molecule has 1 radical (unpaired) electrons. The highest BCUT2D eigenvalue weighted by Gasteiger charge is 2.52. The predicted molar refractivity (Wildman–Crippen MR) is 69.6 cm³/mol. The number of nitrogens with zero attached hydrogens (tertiary/aromatic N) is 3. The summed E-state index contributed by atoms with van der Waals surface area (Å²) in [4.78, 5) is 3.94. The Morgan fingerprint density at radius 3 is 2.17 bits per heavy atom. The minimum atomic E-state index is -5.26. The Labute approximate surface area is 125 Å². The van der Waals surface area contributed by atoms with E-state index < -0.39 is 29.3 Å². The van der Waals surface area contributed by atoms with E-state index in [0.717, 1.165) is 0 Å². The van der Waals surface area contributed by atoms with Gasteiger partial charge in [0, 0.05) is 17.1 Å². The molecule has 0 saturated carbocycles. The van der Waals surface area contributed by atoms with E-state index in [2.05, 4.69) is 15.5 Å². The molecule has 3 rings (SSSR count). The normalized spacial score (nSPS) is 15.8. The molecule has 1 aliphatic rings. The van der Waals surface area contributed by atoms with Crippen LogP contribution in [0.5, 0.6) is 0 Å². The summed E-state index contributed by atoms with van der Waals surface area (Å²) in [7, 11) is 0. The van der Waals surface area contributed by atoms with Crippen LogP contribution in [0.25, 0.3) is 10.9 Å². The average Bonchev–Trinajstić information content (AvgIpc) is 2.91. The molecular weight excluding hydrogens is 324 g/mol. The van der Waals surface area contributed by atoms with E-state index in [1.807, 2.05) is 0 Å². The molecule has 1 aliphatic heterocycles. The van der Waals surface area contributed by atoms with Gasteiger partial charge in [-0.3, -0.25) is 4.98 Å². The van der Waals surface area contributed by atoms with Crippen LogP contribution in [0.1, 0.15) is 5.56 Å². The van der Waals surface area contributed by atoms with E-state index in [0.29, 0.717) is 5.39 Å². The highest BCUT2D eigenvalue weighted by molar-refractivity contribution is 6.20. The number of pyridine rings is 1. The SMILES string of the molecule is FC(F)(F)C1=C(C(F)(F)F)C(c2cccc3cccnc23)=N[N]1. The highest BCUT2D eigenvalue weighted by Crippen LogP contribution is 2.40. The zero-order valence-corrected chi connectivity index (χ0v) is 11.1. The van der Waals surface area contributed by atoms with E-state index in [-0.39, 0.29) is 11.1 Å². The fraction of sp³-hybridized carbons (Fsp3) is 0.143. The minimum absolute atomic E-state index is 0.120. The quantitative estimate of drug-likeness (QED) is 0.730. The highest BCUT2D eigenvalue weighted by atomic mass is 19.4. The fourth-order valence-electron chi connectivity index (χ4n) is 2.26. The van der Waals surface area contributed by atoms with Crippen molar-refractivity contribution in [3.8, 4) is 0 Å². The van der Waals surface area contributed by atoms with Crippen molar-refractivity contribution in [2.45, 2.75) is 12.4 Å². The van der Waals surface area contributed by atoms with Gasteiger partial charge >= 0.3 is 12.4 Å². The van der Waals surface area contributed by atoms with Crippen LogP contribution in [0, 0.1) is 0 Å². The van der Waals surface area contributed by atoms with Crippen molar-refractivity contribution in [3.63, 3.8) is 0 Å². The summed E-state index contributed by atoms with van der Waals surface area (Å²) in [5, 5.41) is 3.62. The summed E-state index contributed by atoms with van der Waals surface area (Å²) in [5.74, 6) is 0. The number of aromatic nitrogens is 1.